The van der Waals surface area contributed by atoms with Gasteiger partial charge in [-0.1, -0.05) is 18.2 Å². The van der Waals surface area contributed by atoms with E-state index in [1.165, 1.54) is 4.90 Å². The van der Waals surface area contributed by atoms with Gasteiger partial charge in [-0.25, -0.2) is 4.79 Å². The molecular formula is C15H21N3O3. The Bertz CT molecular complexity index is 485. The van der Waals surface area contributed by atoms with E-state index in [1.807, 2.05) is 18.2 Å². The molecule has 0 aliphatic carbocycles. The van der Waals surface area contributed by atoms with Gasteiger partial charge >= 0.3 is 5.97 Å². The average Bonchev–Trinajstić information content (AvgIpc) is 2.50. The Labute approximate surface area is 124 Å². The molecule has 1 amide bonds. The van der Waals surface area contributed by atoms with Gasteiger partial charge in [-0.15, -0.1) is 0 Å². The Morgan fingerprint density at radius 3 is 2.62 bits per heavy atom. The quantitative estimate of drug-likeness (QED) is 0.321. The van der Waals surface area contributed by atoms with Crippen LogP contribution in [0, 0.1) is 0 Å². The van der Waals surface area contributed by atoms with E-state index in [4.69, 9.17) is 10.5 Å². The number of likely N-dealkylation sites (N-methyl/N-ethyl adjacent to an activating group) is 2. The minimum absolute atomic E-state index is 0.137. The van der Waals surface area contributed by atoms with E-state index in [0.717, 1.165) is 5.56 Å². The second kappa shape index (κ2) is 8.76. The molecule has 1 unspecified atom stereocenters. The van der Waals surface area contributed by atoms with Gasteiger partial charge in [-0.05, 0) is 37.7 Å². The second-order valence-electron chi connectivity index (χ2n) is 4.33. The Balaban J connectivity index is 2.48. The molecular weight excluding hydrogens is 270 g/mol. The van der Waals surface area contributed by atoms with Crippen LogP contribution < -0.4 is 11.1 Å². The van der Waals surface area contributed by atoms with Crippen LogP contribution in [0.1, 0.15) is 12.5 Å². The predicted octanol–water partition coefficient (Wildman–Crippen LogP) is 0.849. The van der Waals surface area contributed by atoms with E-state index in [1.54, 1.807) is 32.2 Å². The van der Waals surface area contributed by atoms with Crippen LogP contribution in [0.25, 0.3) is 6.08 Å². The van der Waals surface area contributed by atoms with Crippen molar-refractivity contribution in [3.8, 4) is 0 Å². The summed E-state index contributed by atoms with van der Waals surface area (Å²) in [5, 5.41) is 2.75. The number of benzene rings is 1. The number of amides is 1. The van der Waals surface area contributed by atoms with Crippen molar-refractivity contribution in [3.63, 3.8) is 0 Å². The molecule has 0 saturated carbocycles. The molecule has 0 aliphatic rings. The molecule has 0 radical (unpaired) electrons. The lowest BCUT2D eigenvalue weighted by Gasteiger charge is -2.24. The third kappa shape index (κ3) is 5.27. The van der Waals surface area contributed by atoms with Gasteiger partial charge in [0.2, 0.25) is 6.41 Å². The number of hydrogen-bond acceptors (Lipinski definition) is 5. The van der Waals surface area contributed by atoms with Gasteiger partial charge in [0, 0.05) is 12.2 Å². The molecule has 3 N–H and O–H groups in total. The number of nitrogens with zero attached hydrogens (tertiary/aromatic N) is 1. The summed E-state index contributed by atoms with van der Waals surface area (Å²) in [6.45, 7) is 2.34. The minimum Gasteiger partial charge on any atom is -0.459 e. The smallest absolute Gasteiger partial charge is 0.344 e. The maximum absolute atomic E-state index is 11.9. The van der Waals surface area contributed by atoms with Crippen molar-refractivity contribution >= 4 is 24.1 Å². The van der Waals surface area contributed by atoms with Gasteiger partial charge in [-0.3, -0.25) is 10.1 Å². The van der Waals surface area contributed by atoms with Crippen molar-refractivity contribution in [2.45, 2.75) is 13.1 Å². The van der Waals surface area contributed by atoms with E-state index in [2.05, 4.69) is 5.32 Å². The number of carbonyl (C=O) groups excluding carboxylic acids is 2. The third-order valence-corrected chi connectivity index (χ3v) is 2.90. The number of nitrogen functional groups attached to an aromatic ring is 1. The number of hydrogen-bond donors (Lipinski definition) is 2. The van der Waals surface area contributed by atoms with Gasteiger partial charge in [0.25, 0.3) is 0 Å². The fraction of sp³-hybridized carbons (Fsp3) is 0.333. The van der Waals surface area contributed by atoms with Crippen LogP contribution in [0.15, 0.2) is 30.3 Å². The van der Waals surface area contributed by atoms with E-state index in [9.17, 15) is 9.59 Å². The summed E-state index contributed by atoms with van der Waals surface area (Å²) in [6, 6.07) is 7.34. The summed E-state index contributed by atoms with van der Waals surface area (Å²) in [5.41, 5.74) is 7.26. The van der Waals surface area contributed by atoms with Crippen LogP contribution in [-0.4, -0.2) is 43.6 Å². The summed E-state index contributed by atoms with van der Waals surface area (Å²) < 4.78 is 5.11. The zero-order valence-corrected chi connectivity index (χ0v) is 12.3. The Morgan fingerprint density at radius 2 is 2.10 bits per heavy atom. The van der Waals surface area contributed by atoms with Crippen LogP contribution in [0.2, 0.25) is 0 Å². The maximum Gasteiger partial charge on any atom is 0.344 e. The van der Waals surface area contributed by atoms with E-state index >= 15 is 0 Å². The highest BCUT2D eigenvalue weighted by atomic mass is 16.5. The summed E-state index contributed by atoms with van der Waals surface area (Å²) in [7, 11) is 1.60. The van der Waals surface area contributed by atoms with Crippen LogP contribution in [-0.2, 0) is 14.3 Å². The molecule has 0 aliphatic heterocycles. The number of ether oxygens (including phenoxy) is 1. The minimum atomic E-state index is -0.766. The highest BCUT2D eigenvalue weighted by molar-refractivity contribution is 5.77. The van der Waals surface area contributed by atoms with E-state index in [-0.39, 0.29) is 6.61 Å². The van der Waals surface area contributed by atoms with Crippen molar-refractivity contribution in [1.29, 1.82) is 0 Å². The first-order valence-electron chi connectivity index (χ1n) is 6.69. The first-order chi connectivity index (χ1) is 10.1. The standard InChI is InChI=1S/C15H21N3O3/c1-3-18(11-19)14(17-2)15(20)21-10-4-5-12-6-8-13(16)9-7-12/h4-9,11,14,17H,3,10,16H2,1-2H3. The highest BCUT2D eigenvalue weighted by Gasteiger charge is 2.22. The molecule has 0 aromatic heterocycles. The topological polar surface area (TPSA) is 84.7 Å². The number of carbonyl (C=O) groups is 2. The zero-order chi connectivity index (χ0) is 15.7. The lowest BCUT2D eigenvalue weighted by Crippen LogP contribution is -2.49. The second-order valence-corrected chi connectivity index (χ2v) is 4.33. The Hall–Kier alpha value is -2.34. The fourth-order valence-corrected chi connectivity index (χ4v) is 1.74. The number of esters is 1. The molecule has 1 atom stereocenters. The number of rotatable bonds is 8. The molecule has 21 heavy (non-hydrogen) atoms. The molecule has 0 fully saturated rings. The lowest BCUT2D eigenvalue weighted by atomic mass is 10.2. The summed E-state index contributed by atoms with van der Waals surface area (Å²) in [5.74, 6) is -0.492. The molecule has 0 bridgehead atoms. The molecule has 6 nitrogen and oxygen atoms in total. The van der Waals surface area contributed by atoms with Gasteiger partial charge < -0.3 is 15.4 Å². The first-order valence-corrected chi connectivity index (χ1v) is 6.69. The third-order valence-electron chi connectivity index (χ3n) is 2.90. The lowest BCUT2D eigenvalue weighted by molar-refractivity contribution is -0.152. The molecule has 1 rings (SSSR count). The number of anilines is 1. The maximum atomic E-state index is 11.9. The molecule has 6 heteroatoms. The number of nitrogens with one attached hydrogen (secondary N) is 1. The molecule has 0 heterocycles. The van der Waals surface area contributed by atoms with Gasteiger partial charge in [0.15, 0.2) is 6.17 Å². The molecule has 0 saturated heterocycles. The van der Waals surface area contributed by atoms with Gasteiger partial charge in [0.1, 0.15) is 6.61 Å². The van der Waals surface area contributed by atoms with Crippen LogP contribution in [0.4, 0.5) is 5.69 Å². The van der Waals surface area contributed by atoms with Crippen molar-refractivity contribution < 1.29 is 14.3 Å². The van der Waals surface area contributed by atoms with Crippen molar-refractivity contribution in [3.05, 3.63) is 35.9 Å². The van der Waals surface area contributed by atoms with E-state index in [0.29, 0.717) is 18.6 Å². The van der Waals surface area contributed by atoms with Crippen LogP contribution >= 0.6 is 0 Å². The highest BCUT2D eigenvalue weighted by Crippen LogP contribution is 2.07. The Kier molecular flexibility index (Phi) is 6.97. The predicted molar refractivity (Wildman–Crippen MR) is 82.1 cm³/mol. The fourth-order valence-electron chi connectivity index (χ4n) is 1.74. The van der Waals surface area contributed by atoms with Gasteiger partial charge in [0.05, 0.1) is 0 Å². The number of nitrogens with two attached hydrogens (primary N) is 1. The largest absolute Gasteiger partial charge is 0.459 e. The molecule has 114 valence electrons. The molecule has 1 aromatic rings. The summed E-state index contributed by atoms with van der Waals surface area (Å²) in [6.07, 6.45) is 3.41. The molecule has 1 aromatic carbocycles. The Morgan fingerprint density at radius 1 is 1.43 bits per heavy atom. The summed E-state index contributed by atoms with van der Waals surface area (Å²) in [4.78, 5) is 24.0. The van der Waals surface area contributed by atoms with Crippen LogP contribution in [0.3, 0.4) is 0 Å². The van der Waals surface area contributed by atoms with Crippen molar-refractivity contribution in [2.24, 2.45) is 0 Å². The SMILES string of the molecule is CCN(C=O)C(NC)C(=O)OCC=Cc1ccc(N)cc1. The first kappa shape index (κ1) is 16.7. The normalized spacial score (nSPS) is 12.1. The van der Waals surface area contributed by atoms with E-state index < -0.39 is 12.1 Å². The molecule has 0 spiro atoms. The zero-order valence-electron chi connectivity index (χ0n) is 12.3. The van der Waals surface area contributed by atoms with Crippen LogP contribution in [0.5, 0.6) is 0 Å². The van der Waals surface area contributed by atoms with Crippen molar-refractivity contribution in [1.82, 2.24) is 10.2 Å². The summed E-state index contributed by atoms with van der Waals surface area (Å²) >= 11 is 0. The monoisotopic (exact) mass is 291 g/mol. The van der Waals surface area contributed by atoms with Gasteiger partial charge in [-0.2, -0.15) is 0 Å². The van der Waals surface area contributed by atoms with Crippen molar-refractivity contribution in [2.75, 3.05) is 25.9 Å². The average molecular weight is 291 g/mol.